The minimum atomic E-state index is -1.53. The van der Waals surface area contributed by atoms with Crippen LogP contribution < -0.4 is 0 Å². The lowest BCUT2D eigenvalue weighted by atomic mass is 10.9. The van der Waals surface area contributed by atoms with Crippen LogP contribution in [0.2, 0.25) is 38.3 Å². The van der Waals surface area contributed by atoms with Crippen molar-refractivity contribution in [3.63, 3.8) is 0 Å². The second-order valence-corrected chi connectivity index (χ2v) is 14.5. The van der Waals surface area contributed by atoms with Gasteiger partial charge in [0.15, 0.2) is 0 Å². The van der Waals surface area contributed by atoms with Crippen LogP contribution in [0.5, 0.6) is 0 Å². The fourth-order valence-corrected chi connectivity index (χ4v) is 7.30. The molecule has 1 nitrogen and oxygen atoms in total. The molecule has 0 spiro atoms. The first-order valence-electron chi connectivity index (χ1n) is 5.10. The van der Waals surface area contributed by atoms with Crippen LogP contribution >= 0.6 is 0 Å². The Morgan fingerprint density at radius 3 is 2.00 bits per heavy atom. The molecular formula is C10H24OSi2. The summed E-state index contributed by atoms with van der Waals surface area (Å²) >= 11 is 0. The molecule has 0 aliphatic rings. The van der Waals surface area contributed by atoms with E-state index in [9.17, 15) is 0 Å². The van der Waals surface area contributed by atoms with Gasteiger partial charge in [0.1, 0.15) is 0 Å². The summed E-state index contributed by atoms with van der Waals surface area (Å²) in [7, 11) is -2.44. The van der Waals surface area contributed by atoms with Crippen LogP contribution in [0, 0.1) is 0 Å². The zero-order chi connectivity index (χ0) is 10.5. The molecule has 0 aromatic carbocycles. The van der Waals surface area contributed by atoms with E-state index in [-0.39, 0.29) is 0 Å². The molecule has 3 heteroatoms. The third kappa shape index (κ3) is 6.24. The van der Waals surface area contributed by atoms with Crippen molar-refractivity contribution < 1.29 is 4.43 Å². The fraction of sp³-hybridized carbons (Fsp3) is 0.800. The van der Waals surface area contributed by atoms with Crippen molar-refractivity contribution in [3.05, 3.63) is 12.3 Å². The Balaban J connectivity index is 4.05. The molecule has 78 valence electrons. The predicted molar refractivity (Wildman–Crippen MR) is 66.4 cm³/mol. The molecule has 1 atom stereocenters. The van der Waals surface area contributed by atoms with Crippen molar-refractivity contribution in [3.8, 4) is 0 Å². The maximum Gasteiger partial charge on any atom is 0.213 e. The van der Waals surface area contributed by atoms with Gasteiger partial charge in [0.2, 0.25) is 8.32 Å². The normalized spacial score (nSPS) is 16.7. The Morgan fingerprint density at radius 2 is 1.69 bits per heavy atom. The highest BCUT2D eigenvalue weighted by molar-refractivity contribution is 6.82. The maximum absolute atomic E-state index is 5.82. The second-order valence-electron chi connectivity index (χ2n) is 5.01. The first-order chi connectivity index (χ1) is 5.83. The summed E-state index contributed by atoms with van der Waals surface area (Å²) in [6.45, 7) is 16.3. The highest BCUT2D eigenvalue weighted by atomic mass is 28.4. The van der Waals surface area contributed by atoms with Crippen molar-refractivity contribution >= 4 is 16.4 Å². The molecule has 0 bridgehead atoms. The van der Waals surface area contributed by atoms with Gasteiger partial charge in [-0.05, 0) is 19.5 Å². The molecule has 13 heavy (non-hydrogen) atoms. The molecule has 0 heterocycles. The highest BCUT2D eigenvalue weighted by Gasteiger charge is 2.27. The van der Waals surface area contributed by atoms with E-state index >= 15 is 0 Å². The topological polar surface area (TPSA) is 9.23 Å². The van der Waals surface area contributed by atoms with E-state index < -0.39 is 16.4 Å². The van der Waals surface area contributed by atoms with Gasteiger partial charge in [-0.3, -0.25) is 0 Å². The summed E-state index contributed by atoms with van der Waals surface area (Å²) in [5.74, 6) is 0. The van der Waals surface area contributed by atoms with E-state index in [1.807, 2.05) is 0 Å². The summed E-state index contributed by atoms with van der Waals surface area (Å²) in [5, 5.41) is 0. The van der Waals surface area contributed by atoms with Crippen LogP contribution in [0.4, 0.5) is 0 Å². The summed E-state index contributed by atoms with van der Waals surface area (Å²) in [4.78, 5) is 0. The monoisotopic (exact) mass is 216 g/mol. The van der Waals surface area contributed by atoms with E-state index in [0.717, 1.165) is 6.61 Å². The van der Waals surface area contributed by atoms with Gasteiger partial charge in [-0.1, -0.05) is 31.4 Å². The van der Waals surface area contributed by atoms with Crippen molar-refractivity contribution in [1.29, 1.82) is 0 Å². The molecule has 0 amide bonds. The lowest BCUT2D eigenvalue weighted by Crippen LogP contribution is -2.35. The molecular weight excluding hydrogens is 192 g/mol. The van der Waals surface area contributed by atoms with Gasteiger partial charge in [-0.25, -0.2) is 0 Å². The van der Waals surface area contributed by atoms with Crippen LogP contribution in [0.3, 0.4) is 0 Å². The lowest BCUT2D eigenvalue weighted by molar-refractivity contribution is 0.334. The van der Waals surface area contributed by atoms with Crippen LogP contribution in [0.1, 0.15) is 6.92 Å². The van der Waals surface area contributed by atoms with E-state index in [1.54, 1.807) is 0 Å². The molecule has 0 saturated heterocycles. The standard InChI is InChI=1S/C10H24OSi2/c1-7-11-13(6,8-2)10-9-12(3,4)5/h8H,2,7,9-10H2,1,3-6H3. The van der Waals surface area contributed by atoms with Crippen molar-refractivity contribution in [1.82, 2.24) is 0 Å². The van der Waals surface area contributed by atoms with Gasteiger partial charge in [0.25, 0.3) is 0 Å². The number of hydrogen-bond donors (Lipinski definition) is 0. The van der Waals surface area contributed by atoms with Gasteiger partial charge in [0.05, 0.1) is 0 Å². The summed E-state index contributed by atoms with van der Waals surface area (Å²) in [6, 6.07) is 2.61. The lowest BCUT2D eigenvalue weighted by Gasteiger charge is -2.26. The minimum Gasteiger partial charge on any atom is -0.414 e. The Hall–Kier alpha value is 0.134. The zero-order valence-electron chi connectivity index (χ0n) is 9.81. The van der Waals surface area contributed by atoms with E-state index in [1.165, 1.54) is 12.1 Å². The van der Waals surface area contributed by atoms with Crippen LogP contribution in [-0.2, 0) is 4.43 Å². The fourth-order valence-electron chi connectivity index (χ4n) is 1.19. The molecule has 0 aliphatic heterocycles. The van der Waals surface area contributed by atoms with Gasteiger partial charge in [-0.15, -0.1) is 6.58 Å². The summed E-state index contributed by atoms with van der Waals surface area (Å²) in [6.07, 6.45) is 0. The van der Waals surface area contributed by atoms with Gasteiger partial charge in [-0.2, -0.15) is 0 Å². The largest absolute Gasteiger partial charge is 0.414 e. The van der Waals surface area contributed by atoms with Gasteiger partial charge >= 0.3 is 0 Å². The average molecular weight is 216 g/mol. The first kappa shape index (κ1) is 13.1. The van der Waals surface area contributed by atoms with Crippen molar-refractivity contribution in [2.45, 2.75) is 45.2 Å². The Labute approximate surface area is 85.3 Å². The molecule has 0 N–H and O–H groups in total. The van der Waals surface area contributed by atoms with E-state index in [2.05, 4.69) is 45.4 Å². The highest BCUT2D eigenvalue weighted by Crippen LogP contribution is 2.21. The first-order valence-corrected chi connectivity index (χ1v) is 11.5. The van der Waals surface area contributed by atoms with E-state index in [0.29, 0.717) is 0 Å². The molecule has 0 aliphatic carbocycles. The van der Waals surface area contributed by atoms with E-state index in [4.69, 9.17) is 4.43 Å². The molecule has 1 unspecified atom stereocenters. The average Bonchev–Trinajstić information content (AvgIpc) is 2.01. The number of hydrogen-bond acceptors (Lipinski definition) is 1. The summed E-state index contributed by atoms with van der Waals surface area (Å²) in [5.41, 5.74) is 2.08. The summed E-state index contributed by atoms with van der Waals surface area (Å²) < 4.78 is 5.82. The molecule has 0 fully saturated rings. The minimum absolute atomic E-state index is 0.834. The Morgan fingerprint density at radius 1 is 1.15 bits per heavy atom. The Kier molecular flexibility index (Phi) is 5.18. The van der Waals surface area contributed by atoms with Crippen molar-refractivity contribution in [2.24, 2.45) is 0 Å². The van der Waals surface area contributed by atoms with Gasteiger partial charge < -0.3 is 4.43 Å². The SMILES string of the molecule is C=C[Si](C)(CC[Si](C)(C)C)OCC. The maximum atomic E-state index is 5.82. The number of rotatable bonds is 6. The molecule has 0 aromatic heterocycles. The molecule has 0 rings (SSSR count). The predicted octanol–water partition coefficient (Wildman–Crippen LogP) is 3.66. The molecule has 0 radical (unpaired) electrons. The quantitative estimate of drug-likeness (QED) is 0.616. The van der Waals surface area contributed by atoms with Crippen molar-refractivity contribution in [2.75, 3.05) is 6.61 Å². The third-order valence-corrected chi connectivity index (χ3v) is 7.58. The molecule has 0 saturated carbocycles. The van der Waals surface area contributed by atoms with Crippen LogP contribution in [0.15, 0.2) is 12.3 Å². The van der Waals surface area contributed by atoms with Crippen LogP contribution in [-0.4, -0.2) is 23.0 Å². The zero-order valence-corrected chi connectivity index (χ0v) is 11.8. The van der Waals surface area contributed by atoms with Crippen LogP contribution in [0.25, 0.3) is 0 Å². The van der Waals surface area contributed by atoms with Gasteiger partial charge in [0, 0.05) is 14.7 Å². The Bertz CT molecular complexity index is 163. The second kappa shape index (κ2) is 5.12. The smallest absolute Gasteiger partial charge is 0.213 e. The third-order valence-electron chi connectivity index (χ3n) is 2.28. The molecule has 0 aromatic rings.